The zero-order valence-electron chi connectivity index (χ0n) is 7.84. The number of anilines is 1. The van der Waals surface area contributed by atoms with Crippen LogP contribution in [0, 0.1) is 11.3 Å². The molecule has 8 heteroatoms. The van der Waals surface area contributed by atoms with Crippen LogP contribution in [0.3, 0.4) is 0 Å². The van der Waals surface area contributed by atoms with Gasteiger partial charge in [-0.1, -0.05) is 22.9 Å². The van der Waals surface area contributed by atoms with E-state index < -0.39 is 9.84 Å². The fourth-order valence-corrected chi connectivity index (χ4v) is 3.50. The van der Waals surface area contributed by atoms with Crippen molar-refractivity contribution in [3.05, 3.63) is 21.5 Å². The minimum Gasteiger partial charge on any atom is -0.354 e. The van der Waals surface area contributed by atoms with Crippen molar-refractivity contribution in [1.82, 2.24) is 4.98 Å². The maximum atomic E-state index is 11.1. The summed E-state index contributed by atoms with van der Waals surface area (Å²) in [4.78, 5) is 4.23. The molecule has 1 aromatic rings. The van der Waals surface area contributed by atoms with Gasteiger partial charge in [0.25, 0.3) is 0 Å². The monoisotopic (exact) mass is 275 g/mol. The summed E-state index contributed by atoms with van der Waals surface area (Å²) in [6.45, 7) is 0. The van der Waals surface area contributed by atoms with Crippen molar-refractivity contribution in [3.8, 4) is 6.07 Å². The molecule has 5 nitrogen and oxygen atoms in total. The van der Waals surface area contributed by atoms with Crippen LogP contribution in [0.1, 0.15) is 4.88 Å². The summed E-state index contributed by atoms with van der Waals surface area (Å²) in [6, 6.07) is 1.60. The Labute approximate surface area is 101 Å². The van der Waals surface area contributed by atoms with Gasteiger partial charge in [-0.25, -0.2) is 13.4 Å². The normalized spacial score (nSPS) is 21.9. The van der Waals surface area contributed by atoms with Crippen LogP contribution in [0.5, 0.6) is 0 Å². The van der Waals surface area contributed by atoms with E-state index in [-0.39, 0.29) is 16.9 Å². The molecule has 1 unspecified atom stereocenters. The van der Waals surface area contributed by atoms with Crippen LogP contribution in [-0.4, -0.2) is 25.2 Å². The molecule has 16 heavy (non-hydrogen) atoms. The lowest BCUT2D eigenvalue weighted by Gasteiger charge is -2.06. The Morgan fingerprint density at radius 3 is 2.94 bits per heavy atom. The van der Waals surface area contributed by atoms with E-state index in [2.05, 4.69) is 10.3 Å². The van der Waals surface area contributed by atoms with Crippen LogP contribution < -0.4 is 5.32 Å². The van der Waals surface area contributed by atoms with Crippen LogP contribution in [0.4, 0.5) is 5.13 Å². The van der Waals surface area contributed by atoms with Crippen molar-refractivity contribution in [1.29, 1.82) is 5.26 Å². The van der Waals surface area contributed by atoms with E-state index in [0.29, 0.717) is 10.0 Å². The Kier molecular flexibility index (Phi) is 2.88. The van der Waals surface area contributed by atoms with Crippen LogP contribution in [0.15, 0.2) is 11.5 Å². The van der Waals surface area contributed by atoms with Crippen molar-refractivity contribution in [2.45, 2.75) is 6.04 Å². The predicted octanol–water partition coefficient (Wildman–Crippen LogP) is 1.39. The van der Waals surface area contributed by atoms with E-state index in [1.165, 1.54) is 5.41 Å². The number of nitrogens with zero attached hydrogens (tertiary/aromatic N) is 2. The standard InChI is InChI=1S/C8H6ClN3O2S2/c9-7-6(3-10)15-8(12-7)11-5-1-2-16(13,14)4-5/h1-2,5H,4H2,(H,11,12). The molecule has 0 fully saturated rings. The number of halogens is 1. The quantitative estimate of drug-likeness (QED) is 0.882. The van der Waals surface area contributed by atoms with Crippen molar-refractivity contribution < 1.29 is 8.42 Å². The van der Waals surface area contributed by atoms with Crippen molar-refractivity contribution in [3.63, 3.8) is 0 Å². The first-order valence-corrected chi connectivity index (χ1v) is 7.15. The summed E-state index contributed by atoms with van der Waals surface area (Å²) in [5.41, 5.74) is 0. The molecule has 0 spiro atoms. The molecule has 1 atom stereocenters. The molecule has 2 rings (SSSR count). The second-order valence-electron chi connectivity index (χ2n) is 3.16. The fraction of sp³-hybridized carbons (Fsp3) is 0.250. The predicted molar refractivity (Wildman–Crippen MR) is 62.2 cm³/mol. The van der Waals surface area contributed by atoms with E-state index >= 15 is 0 Å². The Balaban J connectivity index is 2.12. The molecule has 0 aliphatic carbocycles. The van der Waals surface area contributed by atoms with Crippen LogP contribution in [0.25, 0.3) is 0 Å². The molecule has 1 aliphatic rings. The van der Waals surface area contributed by atoms with E-state index in [1.807, 2.05) is 6.07 Å². The van der Waals surface area contributed by atoms with Gasteiger partial charge in [0.2, 0.25) is 0 Å². The van der Waals surface area contributed by atoms with Gasteiger partial charge in [0.05, 0.1) is 11.8 Å². The molecule has 0 saturated carbocycles. The second-order valence-corrected chi connectivity index (χ2v) is 6.45. The number of rotatable bonds is 2. The van der Waals surface area contributed by atoms with Crippen LogP contribution in [0.2, 0.25) is 5.15 Å². The smallest absolute Gasteiger partial charge is 0.185 e. The number of nitriles is 1. The largest absolute Gasteiger partial charge is 0.354 e. The number of hydrogen-bond donors (Lipinski definition) is 1. The van der Waals surface area contributed by atoms with Crippen molar-refractivity contribution in [2.75, 3.05) is 11.1 Å². The number of aromatic nitrogens is 1. The number of nitrogens with one attached hydrogen (secondary N) is 1. The minimum absolute atomic E-state index is 0.00604. The first kappa shape index (κ1) is 11.4. The van der Waals surface area contributed by atoms with E-state index in [0.717, 1.165) is 11.3 Å². The maximum Gasteiger partial charge on any atom is 0.185 e. The molecule has 1 N–H and O–H groups in total. The first-order chi connectivity index (χ1) is 7.50. The third-order valence-electron chi connectivity index (χ3n) is 1.93. The van der Waals surface area contributed by atoms with Gasteiger partial charge in [0.1, 0.15) is 10.9 Å². The Morgan fingerprint density at radius 2 is 2.44 bits per heavy atom. The highest BCUT2D eigenvalue weighted by atomic mass is 35.5. The molecular formula is C8H6ClN3O2S2. The fourth-order valence-electron chi connectivity index (χ4n) is 1.26. The molecule has 0 saturated heterocycles. The highest BCUT2D eigenvalue weighted by Gasteiger charge is 2.22. The van der Waals surface area contributed by atoms with Crippen LogP contribution in [-0.2, 0) is 9.84 Å². The number of thiazole rings is 1. The Morgan fingerprint density at radius 1 is 1.69 bits per heavy atom. The van der Waals surface area contributed by atoms with Gasteiger partial charge in [-0.05, 0) is 6.08 Å². The first-order valence-electron chi connectivity index (χ1n) is 4.24. The zero-order valence-corrected chi connectivity index (χ0v) is 10.2. The van der Waals surface area contributed by atoms with Gasteiger partial charge in [0, 0.05) is 5.41 Å². The van der Waals surface area contributed by atoms with E-state index in [9.17, 15) is 8.42 Å². The summed E-state index contributed by atoms with van der Waals surface area (Å²) < 4.78 is 22.3. The van der Waals surface area contributed by atoms with Gasteiger partial charge in [-0.2, -0.15) is 5.26 Å². The third kappa shape index (κ3) is 2.35. The maximum absolute atomic E-state index is 11.1. The lowest BCUT2D eigenvalue weighted by atomic mass is 10.3. The van der Waals surface area contributed by atoms with Crippen molar-refractivity contribution >= 4 is 37.9 Å². The molecule has 0 bridgehead atoms. The topological polar surface area (TPSA) is 82.9 Å². The SMILES string of the molecule is N#Cc1sc(NC2C=CS(=O)(=O)C2)nc1Cl. The summed E-state index contributed by atoms with van der Waals surface area (Å²) in [5.74, 6) is 0.00604. The highest BCUT2D eigenvalue weighted by Crippen LogP contribution is 2.27. The molecule has 84 valence electrons. The Bertz CT molecular complexity index is 585. The molecule has 0 aromatic carbocycles. The van der Waals surface area contributed by atoms with Crippen LogP contribution >= 0.6 is 22.9 Å². The molecule has 0 radical (unpaired) electrons. The molecule has 2 heterocycles. The summed E-state index contributed by atoms with van der Waals surface area (Å²) in [7, 11) is -3.09. The molecule has 1 aromatic heterocycles. The zero-order chi connectivity index (χ0) is 11.8. The lowest BCUT2D eigenvalue weighted by Crippen LogP contribution is -2.20. The molecule has 1 aliphatic heterocycles. The summed E-state index contributed by atoms with van der Waals surface area (Å²) in [5, 5.41) is 13.3. The lowest BCUT2D eigenvalue weighted by molar-refractivity contribution is 0.605. The summed E-state index contributed by atoms with van der Waals surface area (Å²) in [6.07, 6.45) is 1.55. The van der Waals surface area contributed by atoms with Gasteiger partial charge < -0.3 is 5.32 Å². The van der Waals surface area contributed by atoms with Crippen molar-refractivity contribution in [2.24, 2.45) is 0 Å². The number of hydrogen-bond acceptors (Lipinski definition) is 6. The highest BCUT2D eigenvalue weighted by molar-refractivity contribution is 7.94. The number of sulfone groups is 1. The average Bonchev–Trinajstić information content (AvgIpc) is 2.70. The summed E-state index contributed by atoms with van der Waals surface area (Å²) >= 11 is 6.79. The third-order valence-corrected chi connectivity index (χ3v) is 4.60. The van der Waals surface area contributed by atoms with Gasteiger partial charge in [-0.15, -0.1) is 0 Å². The second kappa shape index (κ2) is 4.05. The molecular weight excluding hydrogens is 270 g/mol. The van der Waals surface area contributed by atoms with Gasteiger partial charge in [0.15, 0.2) is 20.1 Å². The molecule has 0 amide bonds. The minimum atomic E-state index is -3.09. The Hall–Kier alpha value is -1.10. The van der Waals surface area contributed by atoms with E-state index in [4.69, 9.17) is 16.9 Å². The average molecular weight is 276 g/mol. The van der Waals surface area contributed by atoms with E-state index in [1.54, 1.807) is 6.08 Å². The van der Waals surface area contributed by atoms with Gasteiger partial charge in [-0.3, -0.25) is 0 Å². The van der Waals surface area contributed by atoms with Gasteiger partial charge >= 0.3 is 0 Å².